The van der Waals surface area contributed by atoms with E-state index >= 15 is 0 Å². The molecule has 0 aromatic carbocycles. The van der Waals surface area contributed by atoms with Gasteiger partial charge in [0, 0.05) is 11.4 Å². The summed E-state index contributed by atoms with van der Waals surface area (Å²) < 4.78 is 5.39. The molecule has 5 nitrogen and oxygen atoms in total. The third-order valence-corrected chi connectivity index (χ3v) is 2.33. The van der Waals surface area contributed by atoms with Crippen molar-refractivity contribution in [3.8, 4) is 5.88 Å². The summed E-state index contributed by atoms with van der Waals surface area (Å²) in [6.45, 7) is 0.628. The quantitative estimate of drug-likeness (QED) is 0.608. The minimum Gasteiger partial charge on any atom is -0.477 e. The first-order valence-electron chi connectivity index (χ1n) is 4.81. The van der Waals surface area contributed by atoms with Crippen molar-refractivity contribution >= 4 is 27.7 Å². The van der Waals surface area contributed by atoms with Gasteiger partial charge in [0.15, 0.2) is 0 Å². The highest BCUT2D eigenvalue weighted by Gasteiger charge is 2.00. The first-order valence-corrected chi connectivity index (χ1v) is 5.93. The second-order valence-corrected chi connectivity index (χ2v) is 3.88. The van der Waals surface area contributed by atoms with Crippen LogP contribution in [0.5, 0.6) is 5.88 Å². The summed E-state index contributed by atoms with van der Waals surface area (Å²) in [7, 11) is 0. The van der Waals surface area contributed by atoms with E-state index in [1.165, 1.54) is 0 Å². The number of rotatable bonds is 6. The van der Waals surface area contributed by atoms with Crippen LogP contribution in [-0.2, 0) is 0 Å². The van der Waals surface area contributed by atoms with Crippen LogP contribution in [0.4, 0.5) is 11.8 Å². The monoisotopic (exact) mass is 274 g/mol. The highest BCUT2D eigenvalue weighted by atomic mass is 79.9. The SMILES string of the molecule is Nc1cc(OCCCCCBr)nc(N)n1. The summed E-state index contributed by atoms with van der Waals surface area (Å²) in [5, 5.41) is 1.03. The fourth-order valence-electron chi connectivity index (χ4n) is 1.09. The van der Waals surface area contributed by atoms with Gasteiger partial charge in [-0.15, -0.1) is 0 Å². The van der Waals surface area contributed by atoms with E-state index in [0.717, 1.165) is 24.6 Å². The zero-order valence-electron chi connectivity index (χ0n) is 8.45. The normalized spacial score (nSPS) is 10.2. The van der Waals surface area contributed by atoms with E-state index in [1.54, 1.807) is 6.07 Å². The second kappa shape index (κ2) is 6.44. The van der Waals surface area contributed by atoms with Crippen LogP contribution in [0.15, 0.2) is 6.07 Å². The van der Waals surface area contributed by atoms with Gasteiger partial charge in [-0.2, -0.15) is 9.97 Å². The average molecular weight is 275 g/mol. The maximum atomic E-state index is 5.49. The minimum absolute atomic E-state index is 0.144. The summed E-state index contributed by atoms with van der Waals surface area (Å²) >= 11 is 3.37. The summed E-state index contributed by atoms with van der Waals surface area (Å²) in [4.78, 5) is 7.66. The van der Waals surface area contributed by atoms with Gasteiger partial charge in [0.25, 0.3) is 0 Å². The van der Waals surface area contributed by atoms with Gasteiger partial charge < -0.3 is 16.2 Å². The number of alkyl halides is 1. The Morgan fingerprint density at radius 3 is 2.67 bits per heavy atom. The molecule has 0 aliphatic rings. The lowest BCUT2D eigenvalue weighted by atomic mass is 10.3. The zero-order chi connectivity index (χ0) is 11.1. The standard InChI is InChI=1S/C9H15BrN4O/c10-4-2-1-3-5-15-8-6-7(11)13-9(12)14-8/h6H,1-5H2,(H4,11,12,13,14). The number of anilines is 2. The van der Waals surface area contributed by atoms with E-state index in [0.29, 0.717) is 18.3 Å². The number of aromatic nitrogens is 2. The fourth-order valence-corrected chi connectivity index (χ4v) is 1.48. The molecule has 0 radical (unpaired) electrons. The fraction of sp³-hybridized carbons (Fsp3) is 0.556. The number of ether oxygens (including phenoxy) is 1. The van der Waals surface area contributed by atoms with Crippen LogP contribution < -0.4 is 16.2 Å². The molecule has 0 aliphatic carbocycles. The first kappa shape index (κ1) is 12.0. The molecule has 1 aromatic heterocycles. The number of nitrogens with two attached hydrogens (primary N) is 2. The van der Waals surface area contributed by atoms with Gasteiger partial charge in [-0.05, 0) is 19.3 Å². The Kier molecular flexibility index (Phi) is 5.17. The summed E-state index contributed by atoms with van der Waals surface area (Å²) in [5.74, 6) is 0.919. The smallest absolute Gasteiger partial charge is 0.225 e. The molecule has 4 N–H and O–H groups in total. The molecule has 1 aromatic rings. The van der Waals surface area contributed by atoms with Crippen molar-refractivity contribution in [2.45, 2.75) is 19.3 Å². The van der Waals surface area contributed by atoms with Crippen LogP contribution in [-0.4, -0.2) is 21.9 Å². The van der Waals surface area contributed by atoms with Gasteiger partial charge >= 0.3 is 0 Å². The molecule has 0 fully saturated rings. The van der Waals surface area contributed by atoms with Crippen molar-refractivity contribution in [3.63, 3.8) is 0 Å². The van der Waals surface area contributed by atoms with Crippen molar-refractivity contribution in [2.75, 3.05) is 23.4 Å². The van der Waals surface area contributed by atoms with Gasteiger partial charge in [-0.25, -0.2) is 0 Å². The molecule has 0 amide bonds. The van der Waals surface area contributed by atoms with E-state index in [-0.39, 0.29) is 5.95 Å². The highest BCUT2D eigenvalue weighted by Crippen LogP contribution is 2.12. The number of hydrogen-bond donors (Lipinski definition) is 2. The predicted molar refractivity (Wildman–Crippen MR) is 64.0 cm³/mol. The maximum absolute atomic E-state index is 5.49. The van der Waals surface area contributed by atoms with Crippen molar-refractivity contribution in [1.29, 1.82) is 0 Å². The summed E-state index contributed by atoms with van der Waals surface area (Å²) in [6, 6.07) is 1.57. The van der Waals surface area contributed by atoms with E-state index < -0.39 is 0 Å². The van der Waals surface area contributed by atoms with E-state index in [1.807, 2.05) is 0 Å². The van der Waals surface area contributed by atoms with Gasteiger partial charge in [0.2, 0.25) is 11.8 Å². The van der Waals surface area contributed by atoms with Gasteiger partial charge in [-0.3, -0.25) is 0 Å². The van der Waals surface area contributed by atoms with E-state index in [2.05, 4.69) is 25.9 Å². The molecule has 84 valence electrons. The predicted octanol–water partition coefficient (Wildman–Crippen LogP) is 1.58. The molecule has 1 heterocycles. The largest absolute Gasteiger partial charge is 0.477 e. The van der Waals surface area contributed by atoms with Crippen LogP contribution in [0.1, 0.15) is 19.3 Å². The van der Waals surface area contributed by atoms with Crippen LogP contribution in [0.25, 0.3) is 0 Å². The highest BCUT2D eigenvalue weighted by molar-refractivity contribution is 9.09. The lowest BCUT2D eigenvalue weighted by molar-refractivity contribution is 0.295. The van der Waals surface area contributed by atoms with Crippen LogP contribution >= 0.6 is 15.9 Å². The van der Waals surface area contributed by atoms with Crippen LogP contribution in [0, 0.1) is 0 Å². The lowest BCUT2D eigenvalue weighted by Crippen LogP contribution is -2.04. The van der Waals surface area contributed by atoms with Crippen LogP contribution in [0.3, 0.4) is 0 Å². The molecule has 0 saturated carbocycles. The molecular formula is C9H15BrN4O. The first-order chi connectivity index (χ1) is 7.22. The third-order valence-electron chi connectivity index (χ3n) is 1.77. The average Bonchev–Trinajstić information content (AvgIpc) is 2.16. The second-order valence-electron chi connectivity index (χ2n) is 3.09. The van der Waals surface area contributed by atoms with Gasteiger partial charge in [-0.1, -0.05) is 15.9 Å². The number of halogens is 1. The Morgan fingerprint density at radius 1 is 1.20 bits per heavy atom. The topological polar surface area (TPSA) is 87.0 Å². The Morgan fingerprint density at radius 2 is 2.00 bits per heavy atom. The molecule has 0 spiro atoms. The Labute approximate surface area is 97.4 Å². The van der Waals surface area contributed by atoms with Gasteiger partial charge in [0.05, 0.1) is 6.61 Å². The van der Waals surface area contributed by atoms with Crippen molar-refractivity contribution in [2.24, 2.45) is 0 Å². The summed E-state index contributed by atoms with van der Waals surface area (Å²) in [6.07, 6.45) is 3.27. The molecular weight excluding hydrogens is 260 g/mol. The zero-order valence-corrected chi connectivity index (χ0v) is 10.0. The molecule has 6 heteroatoms. The molecule has 0 bridgehead atoms. The number of unbranched alkanes of at least 4 members (excludes halogenated alkanes) is 2. The lowest BCUT2D eigenvalue weighted by Gasteiger charge is -2.05. The Balaban J connectivity index is 2.31. The van der Waals surface area contributed by atoms with E-state index in [9.17, 15) is 0 Å². The molecule has 0 saturated heterocycles. The summed E-state index contributed by atoms with van der Waals surface area (Å²) in [5.41, 5.74) is 10.9. The number of nitrogen functional groups attached to an aromatic ring is 2. The Hall–Kier alpha value is -1.04. The van der Waals surface area contributed by atoms with E-state index in [4.69, 9.17) is 16.2 Å². The minimum atomic E-state index is 0.144. The molecule has 1 rings (SSSR count). The maximum Gasteiger partial charge on any atom is 0.225 e. The van der Waals surface area contributed by atoms with Gasteiger partial charge in [0.1, 0.15) is 5.82 Å². The molecule has 15 heavy (non-hydrogen) atoms. The molecule has 0 unspecified atom stereocenters. The molecule has 0 aliphatic heterocycles. The third kappa shape index (κ3) is 4.83. The molecule has 0 atom stereocenters. The van der Waals surface area contributed by atoms with Crippen molar-refractivity contribution in [3.05, 3.63) is 6.07 Å². The van der Waals surface area contributed by atoms with Crippen molar-refractivity contribution < 1.29 is 4.74 Å². The van der Waals surface area contributed by atoms with Crippen LogP contribution in [0.2, 0.25) is 0 Å². The number of hydrogen-bond acceptors (Lipinski definition) is 5. The van der Waals surface area contributed by atoms with Crippen molar-refractivity contribution in [1.82, 2.24) is 9.97 Å². The Bertz CT molecular complexity index is 288. The number of nitrogens with zero attached hydrogens (tertiary/aromatic N) is 2.